The summed E-state index contributed by atoms with van der Waals surface area (Å²) in [5.74, 6) is -0.262. The molecule has 0 aliphatic rings. The number of hydrogen-bond donors (Lipinski definition) is 3. The second kappa shape index (κ2) is 5.07. The summed E-state index contributed by atoms with van der Waals surface area (Å²) < 4.78 is 0.960. The fourth-order valence-corrected chi connectivity index (χ4v) is 3.26. The van der Waals surface area contributed by atoms with Gasteiger partial charge in [0.2, 0.25) is 0 Å². The molecule has 2 heterocycles. The lowest BCUT2D eigenvalue weighted by Crippen LogP contribution is -2.26. The summed E-state index contributed by atoms with van der Waals surface area (Å²) in [6.45, 7) is 0.118. The number of benzene rings is 1. The van der Waals surface area contributed by atoms with E-state index in [2.05, 4.69) is 10.3 Å². The quantitative estimate of drug-likeness (QED) is 0.685. The molecule has 0 saturated carbocycles. The Bertz CT molecular complexity index is 798. The van der Waals surface area contributed by atoms with Crippen LogP contribution in [-0.4, -0.2) is 29.1 Å². The van der Waals surface area contributed by atoms with E-state index in [9.17, 15) is 4.79 Å². The molecule has 3 aromatic rings. The molecule has 20 heavy (non-hydrogen) atoms. The molecule has 4 N–H and O–H groups in total. The third-order valence-corrected chi connectivity index (χ3v) is 4.32. The molecule has 1 aromatic carbocycles. The number of aliphatic hydroxyl groups excluding tert-OH is 1. The molecular formula is C14H13N3O2S. The van der Waals surface area contributed by atoms with E-state index in [1.807, 2.05) is 24.3 Å². The smallest absolute Gasteiger partial charge is 0.263 e. The van der Waals surface area contributed by atoms with Gasteiger partial charge in [0, 0.05) is 28.2 Å². The van der Waals surface area contributed by atoms with Gasteiger partial charge in [-0.05, 0) is 6.07 Å². The van der Waals surface area contributed by atoms with E-state index >= 15 is 0 Å². The standard InChI is InChI=1S/C14H13N3O2S/c15-11-9-7-17-10-4-2-1-3-8(10)12(9)20-13(11)14(19)16-5-6-18/h1-4,7,18H,5-6,15H2,(H,16,19). The van der Waals surface area contributed by atoms with Crippen LogP contribution in [0.1, 0.15) is 9.67 Å². The monoisotopic (exact) mass is 287 g/mol. The second-order valence-corrected chi connectivity index (χ2v) is 5.36. The van der Waals surface area contributed by atoms with Crippen molar-refractivity contribution in [2.75, 3.05) is 18.9 Å². The van der Waals surface area contributed by atoms with E-state index in [1.165, 1.54) is 11.3 Å². The van der Waals surface area contributed by atoms with Crippen LogP contribution in [0.15, 0.2) is 30.5 Å². The number of carbonyl (C=O) groups is 1. The van der Waals surface area contributed by atoms with Crippen LogP contribution in [0.25, 0.3) is 21.0 Å². The van der Waals surface area contributed by atoms with Gasteiger partial charge in [0.05, 0.1) is 17.8 Å². The molecule has 6 heteroatoms. The van der Waals surface area contributed by atoms with Crippen molar-refractivity contribution in [3.05, 3.63) is 35.3 Å². The Balaban J connectivity index is 2.18. The Morgan fingerprint density at radius 1 is 1.35 bits per heavy atom. The first-order valence-corrected chi connectivity index (χ1v) is 6.99. The summed E-state index contributed by atoms with van der Waals surface area (Å²) in [4.78, 5) is 16.8. The molecule has 0 saturated heterocycles. The van der Waals surface area contributed by atoms with Gasteiger partial charge in [0.1, 0.15) is 4.88 Å². The SMILES string of the molecule is Nc1c(C(=O)NCCO)sc2c1cnc1ccccc12. The summed E-state index contributed by atoms with van der Waals surface area (Å²) in [6.07, 6.45) is 1.70. The molecule has 0 spiro atoms. The molecule has 3 rings (SSSR count). The highest BCUT2D eigenvalue weighted by Gasteiger charge is 2.17. The van der Waals surface area contributed by atoms with E-state index in [0.29, 0.717) is 10.6 Å². The largest absolute Gasteiger partial charge is 0.397 e. The molecule has 0 bridgehead atoms. The van der Waals surface area contributed by atoms with E-state index in [0.717, 1.165) is 21.0 Å². The molecule has 0 aliphatic carbocycles. The Morgan fingerprint density at radius 2 is 2.15 bits per heavy atom. The number of rotatable bonds is 3. The van der Waals surface area contributed by atoms with Crippen LogP contribution in [0.4, 0.5) is 5.69 Å². The third-order valence-electron chi connectivity index (χ3n) is 3.07. The molecule has 1 amide bonds. The highest BCUT2D eigenvalue weighted by atomic mass is 32.1. The van der Waals surface area contributed by atoms with Crippen molar-refractivity contribution in [3.8, 4) is 0 Å². The fraction of sp³-hybridized carbons (Fsp3) is 0.143. The van der Waals surface area contributed by atoms with Crippen molar-refractivity contribution in [1.82, 2.24) is 10.3 Å². The number of amides is 1. The zero-order chi connectivity index (χ0) is 14.1. The predicted molar refractivity (Wildman–Crippen MR) is 81.0 cm³/mol. The average Bonchev–Trinajstić information content (AvgIpc) is 2.82. The van der Waals surface area contributed by atoms with Crippen LogP contribution in [-0.2, 0) is 0 Å². The predicted octanol–water partition coefficient (Wildman–Crippen LogP) is 1.75. The summed E-state index contributed by atoms with van der Waals surface area (Å²) in [5, 5.41) is 13.2. The van der Waals surface area contributed by atoms with Gasteiger partial charge < -0.3 is 16.2 Å². The zero-order valence-corrected chi connectivity index (χ0v) is 11.4. The topological polar surface area (TPSA) is 88.2 Å². The summed E-state index contributed by atoms with van der Waals surface area (Å²) in [7, 11) is 0. The number of fused-ring (bicyclic) bond motifs is 3. The number of thiophene rings is 1. The molecular weight excluding hydrogens is 274 g/mol. The number of aliphatic hydroxyl groups is 1. The van der Waals surface area contributed by atoms with Crippen LogP contribution in [0.5, 0.6) is 0 Å². The van der Waals surface area contributed by atoms with Gasteiger partial charge in [-0.2, -0.15) is 0 Å². The molecule has 0 unspecified atom stereocenters. The Hall–Kier alpha value is -2.18. The van der Waals surface area contributed by atoms with E-state index in [4.69, 9.17) is 10.8 Å². The van der Waals surface area contributed by atoms with Gasteiger partial charge in [0.25, 0.3) is 5.91 Å². The lowest BCUT2D eigenvalue weighted by atomic mass is 10.1. The average molecular weight is 287 g/mol. The van der Waals surface area contributed by atoms with Crippen molar-refractivity contribution in [3.63, 3.8) is 0 Å². The van der Waals surface area contributed by atoms with Crippen molar-refractivity contribution < 1.29 is 9.90 Å². The van der Waals surface area contributed by atoms with Gasteiger partial charge in [-0.3, -0.25) is 9.78 Å². The second-order valence-electron chi connectivity index (χ2n) is 4.34. The lowest BCUT2D eigenvalue weighted by Gasteiger charge is -2.01. The van der Waals surface area contributed by atoms with Crippen LogP contribution >= 0.6 is 11.3 Å². The summed E-state index contributed by atoms with van der Waals surface area (Å²) in [5.41, 5.74) is 7.37. The van der Waals surface area contributed by atoms with Gasteiger partial charge >= 0.3 is 0 Å². The van der Waals surface area contributed by atoms with E-state index in [-0.39, 0.29) is 19.1 Å². The minimum Gasteiger partial charge on any atom is -0.397 e. The highest BCUT2D eigenvalue weighted by molar-refractivity contribution is 7.22. The number of anilines is 1. The number of carbonyl (C=O) groups excluding carboxylic acids is 1. The molecule has 0 radical (unpaired) electrons. The first-order valence-electron chi connectivity index (χ1n) is 6.17. The number of para-hydroxylation sites is 1. The minimum absolute atomic E-state index is 0.0962. The molecule has 0 atom stereocenters. The van der Waals surface area contributed by atoms with Crippen molar-refractivity contribution in [2.45, 2.75) is 0 Å². The van der Waals surface area contributed by atoms with Gasteiger partial charge in [-0.1, -0.05) is 18.2 Å². The number of nitrogens with two attached hydrogens (primary N) is 1. The van der Waals surface area contributed by atoms with Crippen LogP contribution < -0.4 is 11.1 Å². The Kier molecular flexibility index (Phi) is 3.25. The van der Waals surface area contributed by atoms with E-state index in [1.54, 1.807) is 6.20 Å². The molecule has 2 aromatic heterocycles. The highest BCUT2D eigenvalue weighted by Crippen LogP contribution is 2.37. The van der Waals surface area contributed by atoms with Crippen molar-refractivity contribution >= 4 is 43.9 Å². The van der Waals surface area contributed by atoms with Crippen LogP contribution in [0, 0.1) is 0 Å². The first-order chi connectivity index (χ1) is 9.72. The maximum absolute atomic E-state index is 12.0. The van der Waals surface area contributed by atoms with Crippen LogP contribution in [0.3, 0.4) is 0 Å². The molecule has 5 nitrogen and oxygen atoms in total. The molecule has 0 fully saturated rings. The van der Waals surface area contributed by atoms with Crippen molar-refractivity contribution in [2.24, 2.45) is 0 Å². The Labute approximate surface area is 119 Å². The maximum atomic E-state index is 12.0. The number of nitrogens with zero attached hydrogens (tertiary/aromatic N) is 1. The van der Waals surface area contributed by atoms with Gasteiger partial charge in [0.15, 0.2) is 0 Å². The van der Waals surface area contributed by atoms with E-state index < -0.39 is 0 Å². The number of nitrogen functional groups attached to an aromatic ring is 1. The minimum atomic E-state index is -0.262. The van der Waals surface area contributed by atoms with Gasteiger partial charge in [-0.25, -0.2) is 0 Å². The first kappa shape index (κ1) is 12.8. The number of pyridine rings is 1. The number of aromatic nitrogens is 1. The third kappa shape index (κ3) is 1.99. The summed E-state index contributed by atoms with van der Waals surface area (Å²) >= 11 is 1.35. The number of hydrogen-bond acceptors (Lipinski definition) is 5. The Morgan fingerprint density at radius 3 is 2.95 bits per heavy atom. The molecule has 0 aliphatic heterocycles. The fourth-order valence-electron chi connectivity index (χ4n) is 2.12. The number of nitrogens with one attached hydrogen (secondary N) is 1. The zero-order valence-electron chi connectivity index (χ0n) is 10.6. The normalized spacial score (nSPS) is 11.1. The lowest BCUT2D eigenvalue weighted by molar-refractivity contribution is 0.0949. The maximum Gasteiger partial charge on any atom is 0.263 e. The summed E-state index contributed by atoms with van der Waals surface area (Å²) in [6, 6.07) is 7.75. The van der Waals surface area contributed by atoms with Crippen molar-refractivity contribution in [1.29, 1.82) is 0 Å². The van der Waals surface area contributed by atoms with Crippen LogP contribution in [0.2, 0.25) is 0 Å². The molecule has 102 valence electrons. The van der Waals surface area contributed by atoms with Gasteiger partial charge in [-0.15, -0.1) is 11.3 Å².